The summed E-state index contributed by atoms with van der Waals surface area (Å²) < 4.78 is 5.52. The average Bonchev–Trinajstić information content (AvgIpc) is 3.16. The fourth-order valence-corrected chi connectivity index (χ4v) is 5.59. The van der Waals surface area contributed by atoms with Gasteiger partial charge in [-0.15, -0.1) is 0 Å². The van der Waals surface area contributed by atoms with Crippen LogP contribution >= 0.6 is 24.0 Å². The van der Waals surface area contributed by atoms with Gasteiger partial charge >= 0.3 is 0 Å². The first-order valence-electron chi connectivity index (χ1n) is 11.1. The molecule has 2 amide bonds. The molecule has 1 aliphatic rings. The second kappa shape index (κ2) is 9.52. The molecule has 0 bridgehead atoms. The minimum atomic E-state index is -0.764. The lowest BCUT2D eigenvalue weighted by Crippen LogP contribution is -2.44. The van der Waals surface area contributed by atoms with Gasteiger partial charge in [0.05, 0.1) is 12.0 Å². The summed E-state index contributed by atoms with van der Waals surface area (Å²) in [6.45, 7) is 1.68. The zero-order valence-electron chi connectivity index (χ0n) is 19.1. The van der Waals surface area contributed by atoms with Crippen molar-refractivity contribution in [2.24, 2.45) is 0 Å². The lowest BCUT2D eigenvalue weighted by Gasteiger charge is -2.22. The average molecular weight is 499 g/mol. The number of thioether (sulfide) groups is 1. The Morgan fingerprint density at radius 2 is 1.60 bits per heavy atom. The number of carbonyl (C=O) groups excluding carboxylic acids is 2. The van der Waals surface area contributed by atoms with E-state index in [-0.39, 0.29) is 11.8 Å². The molecular weight excluding hydrogens is 476 g/mol. The van der Waals surface area contributed by atoms with Crippen molar-refractivity contribution >= 4 is 73.4 Å². The number of hydrogen-bond acceptors (Lipinski definition) is 5. The Labute approximate surface area is 212 Å². The van der Waals surface area contributed by atoms with Gasteiger partial charge in [0.15, 0.2) is 0 Å². The lowest BCUT2D eigenvalue weighted by molar-refractivity contribution is -0.129. The lowest BCUT2D eigenvalue weighted by atomic mass is 9.96. The van der Waals surface area contributed by atoms with Crippen molar-refractivity contribution in [3.05, 3.63) is 89.3 Å². The molecular formula is C28H22N2O3S2. The Morgan fingerprint density at radius 3 is 2.20 bits per heavy atom. The van der Waals surface area contributed by atoms with E-state index in [4.69, 9.17) is 17.0 Å². The fourth-order valence-electron chi connectivity index (χ4n) is 4.19. The number of anilines is 1. The van der Waals surface area contributed by atoms with Crippen molar-refractivity contribution in [1.29, 1.82) is 0 Å². The van der Waals surface area contributed by atoms with E-state index in [9.17, 15) is 9.59 Å². The molecule has 5 rings (SSSR count). The maximum atomic E-state index is 13.4. The second-order valence-corrected chi connectivity index (χ2v) is 9.85. The van der Waals surface area contributed by atoms with E-state index in [0.29, 0.717) is 20.7 Å². The number of thiocarbonyl (C=S) groups is 1. The summed E-state index contributed by atoms with van der Waals surface area (Å²) in [7, 11) is 1.58. The van der Waals surface area contributed by atoms with Crippen molar-refractivity contribution < 1.29 is 14.3 Å². The summed E-state index contributed by atoms with van der Waals surface area (Å²) in [6.07, 6.45) is 1.90. The van der Waals surface area contributed by atoms with Crippen molar-refractivity contribution in [1.82, 2.24) is 4.90 Å². The molecule has 5 nitrogen and oxygen atoms in total. The SMILES string of the molecule is COc1ccc(NC(=O)C(C)N2C(=O)/C(=C/c3c4ccccc4cc4ccccc34)SC2=S)cc1. The molecule has 0 aliphatic carbocycles. The number of nitrogens with one attached hydrogen (secondary N) is 1. The van der Waals surface area contributed by atoms with E-state index >= 15 is 0 Å². The second-order valence-electron chi connectivity index (χ2n) is 8.18. The van der Waals surface area contributed by atoms with Gasteiger partial charge in [-0.2, -0.15) is 0 Å². The molecule has 4 aromatic rings. The summed E-state index contributed by atoms with van der Waals surface area (Å²) in [6, 6.07) is 24.6. The number of ether oxygens (including phenoxy) is 1. The molecule has 1 N–H and O–H groups in total. The van der Waals surface area contributed by atoms with Crippen molar-refractivity contribution in [2.75, 3.05) is 12.4 Å². The third-order valence-electron chi connectivity index (χ3n) is 6.04. The molecule has 174 valence electrons. The highest BCUT2D eigenvalue weighted by atomic mass is 32.2. The zero-order valence-corrected chi connectivity index (χ0v) is 20.8. The zero-order chi connectivity index (χ0) is 24.5. The standard InChI is InChI=1S/C28H22N2O3S2/c1-17(26(31)29-20-11-13-21(33-2)14-12-20)30-27(32)25(35-28(30)34)16-24-22-9-5-3-7-18(22)15-19-8-4-6-10-23(19)24/h3-17H,1-2H3,(H,29,31)/b25-16-. The molecule has 1 atom stereocenters. The minimum Gasteiger partial charge on any atom is -0.497 e. The third kappa shape index (κ3) is 4.40. The predicted molar refractivity (Wildman–Crippen MR) is 148 cm³/mol. The maximum Gasteiger partial charge on any atom is 0.266 e. The molecule has 1 heterocycles. The van der Waals surface area contributed by atoms with Gasteiger partial charge in [-0.25, -0.2) is 0 Å². The Morgan fingerprint density at radius 1 is 1.00 bits per heavy atom. The van der Waals surface area contributed by atoms with Gasteiger partial charge in [0.2, 0.25) is 5.91 Å². The highest BCUT2D eigenvalue weighted by Crippen LogP contribution is 2.37. The number of methoxy groups -OCH3 is 1. The molecule has 1 fully saturated rings. The molecule has 0 spiro atoms. The van der Waals surface area contributed by atoms with E-state index in [1.54, 1.807) is 38.3 Å². The third-order valence-corrected chi connectivity index (χ3v) is 7.37. The van der Waals surface area contributed by atoms with Crippen LogP contribution in [0.25, 0.3) is 27.6 Å². The van der Waals surface area contributed by atoms with Gasteiger partial charge in [0.25, 0.3) is 5.91 Å². The van der Waals surface area contributed by atoms with Gasteiger partial charge < -0.3 is 10.1 Å². The summed E-state index contributed by atoms with van der Waals surface area (Å²) >= 11 is 6.75. The van der Waals surface area contributed by atoms with Crippen molar-refractivity contribution in [3.63, 3.8) is 0 Å². The molecule has 1 unspecified atom stereocenters. The molecule has 7 heteroatoms. The van der Waals surface area contributed by atoms with Crippen molar-refractivity contribution in [3.8, 4) is 5.75 Å². The molecule has 0 radical (unpaired) electrons. The molecule has 0 saturated carbocycles. The highest BCUT2D eigenvalue weighted by molar-refractivity contribution is 8.26. The Bertz CT molecular complexity index is 1460. The number of hydrogen-bond donors (Lipinski definition) is 1. The topological polar surface area (TPSA) is 58.6 Å². The van der Waals surface area contributed by atoms with Gasteiger partial charge in [0, 0.05) is 5.69 Å². The van der Waals surface area contributed by atoms with Gasteiger partial charge in [-0.05, 0) is 70.4 Å². The van der Waals surface area contributed by atoms with E-state index < -0.39 is 6.04 Å². The number of carbonyl (C=O) groups is 2. The number of rotatable bonds is 5. The summed E-state index contributed by atoms with van der Waals surface area (Å²) in [5.74, 6) is 0.108. The van der Waals surface area contributed by atoms with Crippen LogP contribution in [-0.2, 0) is 9.59 Å². The Hall–Kier alpha value is -3.68. The van der Waals surface area contributed by atoms with Crippen LogP contribution in [0.3, 0.4) is 0 Å². The Kier molecular flexibility index (Phi) is 6.28. The van der Waals surface area contributed by atoms with Crippen LogP contribution in [0.5, 0.6) is 5.75 Å². The number of benzene rings is 4. The summed E-state index contributed by atoms with van der Waals surface area (Å²) in [4.78, 5) is 28.2. The van der Waals surface area contributed by atoms with Crippen LogP contribution in [-0.4, -0.2) is 34.2 Å². The van der Waals surface area contributed by atoms with Crippen LogP contribution in [0.15, 0.2) is 83.8 Å². The first-order chi connectivity index (χ1) is 17.0. The fraction of sp³-hybridized carbons (Fsp3) is 0.107. The number of amides is 2. The van der Waals surface area contributed by atoms with E-state index in [2.05, 4.69) is 35.6 Å². The monoisotopic (exact) mass is 498 g/mol. The number of nitrogens with zero attached hydrogens (tertiary/aromatic N) is 1. The molecule has 1 aliphatic heterocycles. The normalized spacial score (nSPS) is 15.7. The predicted octanol–water partition coefficient (Wildman–Crippen LogP) is 6.23. The van der Waals surface area contributed by atoms with Crippen LogP contribution in [0, 0.1) is 0 Å². The first-order valence-corrected chi connectivity index (χ1v) is 12.3. The van der Waals surface area contributed by atoms with Gasteiger partial charge in [-0.3, -0.25) is 14.5 Å². The molecule has 35 heavy (non-hydrogen) atoms. The smallest absolute Gasteiger partial charge is 0.266 e. The quantitative estimate of drug-likeness (QED) is 0.201. The van der Waals surface area contributed by atoms with E-state index in [1.165, 1.54) is 16.7 Å². The maximum absolute atomic E-state index is 13.4. The number of fused-ring (bicyclic) bond motifs is 2. The van der Waals surface area contributed by atoms with Crippen LogP contribution in [0.2, 0.25) is 0 Å². The van der Waals surface area contributed by atoms with E-state index in [0.717, 1.165) is 27.1 Å². The molecule has 0 aromatic heterocycles. The van der Waals surface area contributed by atoms with Gasteiger partial charge in [0.1, 0.15) is 16.1 Å². The van der Waals surface area contributed by atoms with Crippen molar-refractivity contribution in [2.45, 2.75) is 13.0 Å². The highest BCUT2D eigenvalue weighted by Gasteiger charge is 2.38. The van der Waals surface area contributed by atoms with Crippen LogP contribution in [0.1, 0.15) is 12.5 Å². The Balaban J connectivity index is 1.46. The summed E-state index contributed by atoms with van der Waals surface area (Å²) in [5, 5.41) is 7.16. The minimum absolute atomic E-state index is 0.269. The van der Waals surface area contributed by atoms with E-state index in [1.807, 2.05) is 30.3 Å². The first kappa shape index (κ1) is 23.1. The van der Waals surface area contributed by atoms with Gasteiger partial charge in [-0.1, -0.05) is 72.5 Å². The van der Waals surface area contributed by atoms with Crippen LogP contribution < -0.4 is 10.1 Å². The largest absolute Gasteiger partial charge is 0.497 e. The summed E-state index contributed by atoms with van der Waals surface area (Å²) in [5.41, 5.74) is 1.58. The molecule has 1 saturated heterocycles. The van der Waals surface area contributed by atoms with Crippen LogP contribution in [0.4, 0.5) is 5.69 Å². The molecule has 4 aromatic carbocycles.